The van der Waals surface area contributed by atoms with E-state index < -0.39 is 0 Å². The van der Waals surface area contributed by atoms with E-state index in [2.05, 4.69) is 44.8 Å². The van der Waals surface area contributed by atoms with Crippen LogP contribution in [0, 0.1) is 11.8 Å². The van der Waals surface area contributed by atoms with Gasteiger partial charge in [-0.25, -0.2) is 0 Å². The molecule has 1 saturated heterocycles. The molecule has 2 nitrogen and oxygen atoms in total. The van der Waals surface area contributed by atoms with Crippen LogP contribution in [0.4, 0.5) is 0 Å². The molecular weight excluding hydrogens is 220 g/mol. The summed E-state index contributed by atoms with van der Waals surface area (Å²) in [7, 11) is 0. The second-order valence-corrected chi connectivity index (χ2v) is 6.82. The van der Waals surface area contributed by atoms with E-state index >= 15 is 0 Å². The van der Waals surface area contributed by atoms with Crippen LogP contribution < -0.4 is 5.32 Å². The van der Waals surface area contributed by atoms with Crippen LogP contribution in [0.1, 0.15) is 60.3 Å². The molecule has 2 heteroatoms. The van der Waals surface area contributed by atoms with Gasteiger partial charge in [-0.15, -0.1) is 0 Å². The highest BCUT2D eigenvalue weighted by Gasteiger charge is 2.22. The van der Waals surface area contributed by atoms with Crippen LogP contribution in [-0.2, 0) is 0 Å². The second kappa shape index (κ2) is 8.16. The molecule has 2 unspecified atom stereocenters. The highest BCUT2D eigenvalue weighted by Crippen LogP contribution is 2.19. The van der Waals surface area contributed by atoms with Crippen molar-refractivity contribution in [1.82, 2.24) is 10.2 Å². The number of piperidine rings is 1. The van der Waals surface area contributed by atoms with Gasteiger partial charge in [0.05, 0.1) is 0 Å². The van der Waals surface area contributed by atoms with Gasteiger partial charge in [0.25, 0.3) is 0 Å². The van der Waals surface area contributed by atoms with Gasteiger partial charge in [0.2, 0.25) is 0 Å². The Morgan fingerprint density at radius 2 is 1.83 bits per heavy atom. The molecule has 0 spiro atoms. The summed E-state index contributed by atoms with van der Waals surface area (Å²) in [6.07, 6.45) is 5.47. The lowest BCUT2D eigenvalue weighted by Gasteiger charge is -2.37. The molecule has 0 radical (unpaired) electrons. The van der Waals surface area contributed by atoms with E-state index in [4.69, 9.17) is 0 Å². The van der Waals surface area contributed by atoms with E-state index in [1.54, 1.807) is 0 Å². The minimum atomic E-state index is 0.675. The van der Waals surface area contributed by atoms with E-state index in [9.17, 15) is 0 Å². The monoisotopic (exact) mass is 254 g/mol. The summed E-state index contributed by atoms with van der Waals surface area (Å²) in [6.45, 7) is 15.5. The number of hydrogen-bond donors (Lipinski definition) is 1. The molecule has 0 aliphatic carbocycles. The molecule has 1 fully saturated rings. The van der Waals surface area contributed by atoms with Gasteiger partial charge in [0.1, 0.15) is 0 Å². The van der Waals surface area contributed by atoms with Crippen molar-refractivity contribution in [2.75, 3.05) is 19.6 Å². The molecule has 0 bridgehead atoms. The fourth-order valence-electron chi connectivity index (χ4n) is 3.02. The number of nitrogens with zero attached hydrogens (tertiary/aromatic N) is 1. The van der Waals surface area contributed by atoms with Crippen LogP contribution >= 0.6 is 0 Å². The Morgan fingerprint density at radius 1 is 1.11 bits per heavy atom. The Morgan fingerprint density at radius 3 is 2.33 bits per heavy atom. The molecule has 0 aromatic heterocycles. The molecule has 0 aromatic rings. The van der Waals surface area contributed by atoms with Crippen LogP contribution in [0.25, 0.3) is 0 Å². The maximum Gasteiger partial charge on any atom is 0.00698 e. The lowest BCUT2D eigenvalue weighted by Crippen LogP contribution is -2.45. The average molecular weight is 254 g/mol. The quantitative estimate of drug-likeness (QED) is 0.748. The smallest absolute Gasteiger partial charge is 0.00698 e. The minimum absolute atomic E-state index is 0.675. The van der Waals surface area contributed by atoms with Crippen LogP contribution in [0.5, 0.6) is 0 Å². The van der Waals surface area contributed by atoms with Gasteiger partial charge >= 0.3 is 0 Å². The molecule has 1 N–H and O–H groups in total. The summed E-state index contributed by atoms with van der Waals surface area (Å²) in [5.74, 6) is 1.69. The van der Waals surface area contributed by atoms with Crippen LogP contribution in [-0.4, -0.2) is 36.6 Å². The molecule has 1 aliphatic rings. The summed E-state index contributed by atoms with van der Waals surface area (Å²) in [5, 5.41) is 3.54. The molecule has 1 heterocycles. The largest absolute Gasteiger partial charge is 0.316 e. The number of hydrogen-bond acceptors (Lipinski definition) is 2. The molecule has 1 aliphatic heterocycles. The summed E-state index contributed by atoms with van der Waals surface area (Å²) in [5.41, 5.74) is 0. The molecule has 18 heavy (non-hydrogen) atoms. The van der Waals surface area contributed by atoms with Gasteiger partial charge in [-0.2, -0.15) is 0 Å². The highest BCUT2D eigenvalue weighted by molar-refractivity contribution is 4.78. The van der Waals surface area contributed by atoms with E-state index in [1.807, 2.05) is 0 Å². The van der Waals surface area contributed by atoms with Gasteiger partial charge in [-0.05, 0) is 71.4 Å². The molecule has 0 aromatic carbocycles. The first kappa shape index (κ1) is 16.0. The Kier molecular flexibility index (Phi) is 7.25. The first-order valence-electron chi connectivity index (χ1n) is 7.97. The van der Waals surface area contributed by atoms with Gasteiger partial charge in [-0.3, -0.25) is 4.90 Å². The first-order valence-corrected chi connectivity index (χ1v) is 7.97. The Bertz CT molecular complexity index is 207. The Hall–Kier alpha value is -0.0800. The van der Waals surface area contributed by atoms with Gasteiger partial charge in [0.15, 0.2) is 0 Å². The topological polar surface area (TPSA) is 15.3 Å². The number of rotatable bonds is 7. The fourth-order valence-corrected chi connectivity index (χ4v) is 3.02. The summed E-state index contributed by atoms with van der Waals surface area (Å²) >= 11 is 0. The van der Waals surface area contributed by atoms with Crippen molar-refractivity contribution >= 4 is 0 Å². The van der Waals surface area contributed by atoms with E-state index in [-0.39, 0.29) is 0 Å². The van der Waals surface area contributed by atoms with Crippen molar-refractivity contribution in [2.45, 2.75) is 72.4 Å². The van der Waals surface area contributed by atoms with Crippen molar-refractivity contribution in [1.29, 1.82) is 0 Å². The minimum Gasteiger partial charge on any atom is -0.316 e. The van der Waals surface area contributed by atoms with Crippen LogP contribution in [0.15, 0.2) is 0 Å². The zero-order chi connectivity index (χ0) is 13.5. The van der Waals surface area contributed by atoms with E-state index in [0.29, 0.717) is 6.04 Å². The van der Waals surface area contributed by atoms with Crippen LogP contribution in [0.3, 0.4) is 0 Å². The van der Waals surface area contributed by atoms with Gasteiger partial charge in [-0.1, -0.05) is 13.8 Å². The lowest BCUT2D eigenvalue weighted by molar-refractivity contribution is 0.117. The highest BCUT2D eigenvalue weighted by atomic mass is 15.2. The van der Waals surface area contributed by atoms with E-state index in [1.165, 1.54) is 45.3 Å². The third kappa shape index (κ3) is 5.71. The second-order valence-electron chi connectivity index (χ2n) is 6.82. The van der Waals surface area contributed by atoms with Crippen molar-refractivity contribution in [2.24, 2.45) is 11.8 Å². The first-order chi connectivity index (χ1) is 8.50. The third-order valence-electron chi connectivity index (χ3n) is 4.26. The fraction of sp³-hybridized carbons (Fsp3) is 1.00. The normalized spacial score (nSPS) is 23.0. The Balaban J connectivity index is 2.42. The molecule has 108 valence electrons. The summed E-state index contributed by atoms with van der Waals surface area (Å²) in [6, 6.07) is 1.41. The number of nitrogens with one attached hydrogen (secondary N) is 1. The van der Waals surface area contributed by atoms with Crippen molar-refractivity contribution in [3.05, 3.63) is 0 Å². The van der Waals surface area contributed by atoms with Crippen molar-refractivity contribution in [3.8, 4) is 0 Å². The van der Waals surface area contributed by atoms with E-state index in [0.717, 1.165) is 17.9 Å². The van der Waals surface area contributed by atoms with Gasteiger partial charge in [0, 0.05) is 18.6 Å². The third-order valence-corrected chi connectivity index (χ3v) is 4.26. The zero-order valence-electron chi connectivity index (χ0n) is 13.2. The lowest BCUT2D eigenvalue weighted by atomic mass is 9.96. The maximum atomic E-state index is 3.54. The molecule has 1 rings (SSSR count). The summed E-state index contributed by atoms with van der Waals surface area (Å²) < 4.78 is 0. The predicted octanol–water partition coefficient (Wildman–Crippen LogP) is 3.52. The average Bonchev–Trinajstić information content (AvgIpc) is 2.34. The SMILES string of the molecule is CC(C)CCC(C)N(CC1CCCNC1)C(C)C. The van der Waals surface area contributed by atoms with Crippen LogP contribution in [0.2, 0.25) is 0 Å². The Labute approximate surface area is 115 Å². The predicted molar refractivity (Wildman–Crippen MR) is 81.0 cm³/mol. The zero-order valence-corrected chi connectivity index (χ0v) is 13.2. The van der Waals surface area contributed by atoms with Crippen molar-refractivity contribution in [3.63, 3.8) is 0 Å². The molecule has 0 amide bonds. The van der Waals surface area contributed by atoms with Gasteiger partial charge < -0.3 is 5.32 Å². The summed E-state index contributed by atoms with van der Waals surface area (Å²) in [4.78, 5) is 2.72. The van der Waals surface area contributed by atoms with Crippen molar-refractivity contribution < 1.29 is 0 Å². The molecule has 0 saturated carbocycles. The molecular formula is C16H34N2. The molecule has 2 atom stereocenters. The maximum absolute atomic E-state index is 3.54. The standard InChI is InChI=1S/C16H34N2/c1-13(2)8-9-15(5)18(14(3)4)12-16-7-6-10-17-11-16/h13-17H,6-12H2,1-5H3.